The van der Waals surface area contributed by atoms with Crippen molar-refractivity contribution in [2.75, 3.05) is 20.3 Å². The van der Waals surface area contributed by atoms with Gasteiger partial charge in [0.15, 0.2) is 13.2 Å². The number of aryl methyl sites for hydroxylation is 1. The molecule has 1 aromatic carbocycles. The third-order valence-electron chi connectivity index (χ3n) is 3.10. The van der Waals surface area contributed by atoms with Crippen molar-refractivity contribution >= 4 is 29.5 Å². The molecule has 132 valence electrons. The van der Waals surface area contributed by atoms with Gasteiger partial charge in [-0.1, -0.05) is 25.4 Å². The minimum Gasteiger partial charge on any atom is -0.482 e. The zero-order chi connectivity index (χ0) is 18.3. The lowest BCUT2D eigenvalue weighted by molar-refractivity contribution is -0.150. The van der Waals surface area contributed by atoms with Crippen molar-refractivity contribution < 1.29 is 23.9 Å². The molecule has 0 saturated carbocycles. The van der Waals surface area contributed by atoms with Crippen molar-refractivity contribution in [2.24, 2.45) is 0 Å². The highest BCUT2D eigenvalue weighted by molar-refractivity contribution is 6.31. The van der Waals surface area contributed by atoms with Crippen molar-refractivity contribution in [3.05, 3.63) is 28.3 Å². The lowest BCUT2D eigenvalue weighted by atomic mass is 10.0. The number of rotatable bonds is 6. The van der Waals surface area contributed by atoms with E-state index in [0.29, 0.717) is 10.8 Å². The molecule has 0 aromatic heterocycles. The maximum atomic E-state index is 11.7. The summed E-state index contributed by atoms with van der Waals surface area (Å²) in [7, 11) is 1.36. The predicted octanol–water partition coefficient (Wildman–Crippen LogP) is 2.15. The van der Waals surface area contributed by atoms with Crippen LogP contribution >= 0.6 is 11.6 Å². The Balaban J connectivity index is 2.57. The minimum absolute atomic E-state index is 0.160. The van der Waals surface area contributed by atoms with Gasteiger partial charge in [-0.3, -0.25) is 10.1 Å². The number of imide groups is 1. The van der Waals surface area contributed by atoms with Gasteiger partial charge in [0.25, 0.3) is 5.91 Å². The maximum Gasteiger partial charge on any atom is 0.344 e. The van der Waals surface area contributed by atoms with Gasteiger partial charge in [0.1, 0.15) is 5.75 Å². The molecule has 24 heavy (non-hydrogen) atoms. The second-order valence-electron chi connectivity index (χ2n) is 5.37. The van der Waals surface area contributed by atoms with Crippen LogP contribution in [0.3, 0.4) is 0 Å². The van der Waals surface area contributed by atoms with Crippen molar-refractivity contribution in [3.8, 4) is 5.75 Å². The van der Waals surface area contributed by atoms with Gasteiger partial charge < -0.3 is 14.8 Å². The molecule has 0 aliphatic carbocycles. The second-order valence-corrected chi connectivity index (χ2v) is 5.78. The first-order chi connectivity index (χ1) is 11.2. The van der Waals surface area contributed by atoms with E-state index in [1.807, 2.05) is 26.1 Å². The summed E-state index contributed by atoms with van der Waals surface area (Å²) < 4.78 is 10.2. The van der Waals surface area contributed by atoms with Crippen LogP contribution in [0.1, 0.15) is 30.9 Å². The Labute approximate surface area is 145 Å². The summed E-state index contributed by atoms with van der Waals surface area (Å²) in [4.78, 5) is 33.9. The highest BCUT2D eigenvalue weighted by atomic mass is 35.5. The van der Waals surface area contributed by atoms with Gasteiger partial charge in [0.05, 0.1) is 0 Å². The average Bonchev–Trinajstić information content (AvgIpc) is 2.53. The molecule has 0 aliphatic heterocycles. The van der Waals surface area contributed by atoms with Gasteiger partial charge in [0, 0.05) is 12.1 Å². The Bertz CT molecular complexity index is 631. The Morgan fingerprint density at radius 2 is 1.88 bits per heavy atom. The maximum absolute atomic E-state index is 11.7. The molecule has 0 atom stereocenters. The lowest BCUT2D eigenvalue weighted by Crippen LogP contribution is -2.40. The Hall–Kier alpha value is -2.28. The molecule has 0 unspecified atom stereocenters. The van der Waals surface area contributed by atoms with E-state index in [1.54, 1.807) is 12.1 Å². The van der Waals surface area contributed by atoms with E-state index >= 15 is 0 Å². The number of ether oxygens (including phenoxy) is 2. The molecule has 0 bridgehead atoms. The monoisotopic (exact) mass is 356 g/mol. The number of carbonyl (C=O) groups is 3. The predicted molar refractivity (Wildman–Crippen MR) is 89.3 cm³/mol. The molecule has 7 nitrogen and oxygen atoms in total. The van der Waals surface area contributed by atoms with Crippen LogP contribution in [0.25, 0.3) is 0 Å². The number of benzene rings is 1. The van der Waals surface area contributed by atoms with E-state index in [1.165, 1.54) is 7.05 Å². The molecule has 0 saturated heterocycles. The van der Waals surface area contributed by atoms with Crippen molar-refractivity contribution in [1.29, 1.82) is 0 Å². The van der Waals surface area contributed by atoms with Gasteiger partial charge in [-0.25, -0.2) is 9.59 Å². The van der Waals surface area contributed by atoms with Gasteiger partial charge in [0.2, 0.25) is 0 Å². The number of carbonyl (C=O) groups excluding carboxylic acids is 3. The van der Waals surface area contributed by atoms with Crippen molar-refractivity contribution in [2.45, 2.75) is 26.7 Å². The SMILES string of the molecule is CNC(=O)NC(=O)COC(=O)COc1cc(C)c(Cl)cc1C(C)C. The number of hydrogen-bond donors (Lipinski definition) is 2. The largest absolute Gasteiger partial charge is 0.482 e. The summed E-state index contributed by atoms with van der Waals surface area (Å²) in [5.41, 5.74) is 1.70. The Kier molecular flexibility index (Phi) is 7.51. The molecular weight excluding hydrogens is 336 g/mol. The highest BCUT2D eigenvalue weighted by Gasteiger charge is 2.14. The topological polar surface area (TPSA) is 93.7 Å². The standard InChI is InChI=1S/C16H21ClN2O5/c1-9(2)11-6-12(17)10(3)5-13(11)23-8-15(21)24-7-14(20)19-16(22)18-4/h5-6,9H,7-8H2,1-4H3,(H2,18,19,20,22). The van der Waals surface area contributed by atoms with Crippen molar-refractivity contribution in [3.63, 3.8) is 0 Å². The quantitative estimate of drug-likeness (QED) is 0.762. The first-order valence-corrected chi connectivity index (χ1v) is 7.72. The summed E-state index contributed by atoms with van der Waals surface area (Å²) >= 11 is 6.11. The van der Waals surface area contributed by atoms with E-state index in [0.717, 1.165) is 11.1 Å². The van der Waals surface area contributed by atoms with Crippen LogP contribution in [0.15, 0.2) is 12.1 Å². The lowest BCUT2D eigenvalue weighted by Gasteiger charge is -2.15. The highest BCUT2D eigenvalue weighted by Crippen LogP contribution is 2.31. The van der Waals surface area contributed by atoms with Gasteiger partial charge in [-0.15, -0.1) is 0 Å². The van der Waals surface area contributed by atoms with Gasteiger partial charge in [-0.05, 0) is 36.1 Å². The van der Waals surface area contributed by atoms with Gasteiger partial charge >= 0.3 is 12.0 Å². The molecule has 0 spiro atoms. The van der Waals surface area contributed by atoms with Gasteiger partial charge in [-0.2, -0.15) is 0 Å². The Morgan fingerprint density at radius 1 is 1.21 bits per heavy atom. The van der Waals surface area contributed by atoms with Crippen LogP contribution in [0.2, 0.25) is 5.02 Å². The summed E-state index contributed by atoms with van der Waals surface area (Å²) in [5.74, 6) is -0.747. The molecule has 8 heteroatoms. The first-order valence-electron chi connectivity index (χ1n) is 7.34. The summed E-state index contributed by atoms with van der Waals surface area (Å²) in [6.45, 7) is 4.88. The summed E-state index contributed by atoms with van der Waals surface area (Å²) in [6.07, 6.45) is 0. The molecule has 0 aliphatic rings. The number of nitrogens with one attached hydrogen (secondary N) is 2. The first kappa shape index (κ1) is 19.8. The number of amides is 3. The molecular formula is C16H21ClN2O5. The van der Waals surface area contributed by atoms with E-state index in [9.17, 15) is 14.4 Å². The second kappa shape index (κ2) is 9.12. The number of esters is 1. The number of halogens is 1. The summed E-state index contributed by atoms with van der Waals surface area (Å²) in [5, 5.41) is 4.81. The number of urea groups is 1. The van der Waals surface area contributed by atoms with Crippen LogP contribution in [0.4, 0.5) is 4.79 Å². The van der Waals surface area contributed by atoms with E-state index in [-0.39, 0.29) is 12.5 Å². The van der Waals surface area contributed by atoms with Crippen LogP contribution in [-0.2, 0) is 14.3 Å². The van der Waals surface area contributed by atoms with E-state index in [4.69, 9.17) is 21.1 Å². The molecule has 1 rings (SSSR count). The molecule has 0 fully saturated rings. The normalized spacial score (nSPS) is 10.2. The molecule has 0 radical (unpaired) electrons. The fraction of sp³-hybridized carbons (Fsp3) is 0.438. The van der Waals surface area contributed by atoms with Crippen LogP contribution in [-0.4, -0.2) is 38.2 Å². The smallest absolute Gasteiger partial charge is 0.344 e. The molecule has 0 heterocycles. The molecule has 1 aromatic rings. The van der Waals surface area contributed by atoms with Crippen molar-refractivity contribution in [1.82, 2.24) is 10.6 Å². The third-order valence-corrected chi connectivity index (χ3v) is 3.51. The third kappa shape index (κ3) is 6.08. The zero-order valence-corrected chi connectivity index (χ0v) is 14.8. The number of hydrogen-bond acceptors (Lipinski definition) is 5. The Morgan fingerprint density at radius 3 is 2.46 bits per heavy atom. The fourth-order valence-electron chi connectivity index (χ4n) is 1.80. The van der Waals surface area contributed by atoms with Crippen LogP contribution in [0, 0.1) is 6.92 Å². The summed E-state index contributed by atoms with van der Waals surface area (Å²) in [6, 6.07) is 2.88. The molecule has 2 N–H and O–H groups in total. The zero-order valence-electron chi connectivity index (χ0n) is 14.1. The molecule has 3 amide bonds. The van der Waals surface area contributed by atoms with E-state index < -0.39 is 24.5 Å². The minimum atomic E-state index is -0.729. The van der Waals surface area contributed by atoms with E-state index in [2.05, 4.69) is 5.32 Å². The average molecular weight is 357 g/mol. The fourth-order valence-corrected chi connectivity index (χ4v) is 1.97. The van der Waals surface area contributed by atoms with Crippen LogP contribution in [0.5, 0.6) is 5.75 Å². The van der Waals surface area contributed by atoms with Crippen LogP contribution < -0.4 is 15.4 Å².